The van der Waals surface area contributed by atoms with Crippen molar-refractivity contribution in [2.24, 2.45) is 0 Å². The number of nitro groups is 1. The van der Waals surface area contributed by atoms with E-state index in [-0.39, 0.29) is 17.5 Å². The molecule has 23 heavy (non-hydrogen) atoms. The summed E-state index contributed by atoms with van der Waals surface area (Å²) >= 11 is 0. The Morgan fingerprint density at radius 2 is 1.74 bits per heavy atom. The predicted molar refractivity (Wildman–Crippen MR) is 89.0 cm³/mol. The van der Waals surface area contributed by atoms with Gasteiger partial charge in [-0.2, -0.15) is 0 Å². The number of ether oxygens (including phenoxy) is 1. The Bertz CT molecular complexity index is 615. The van der Waals surface area contributed by atoms with Gasteiger partial charge in [-0.1, -0.05) is 0 Å². The molecule has 0 aromatic heterocycles. The molecule has 0 atom stereocenters. The molecule has 0 amide bonds. The first-order valence-electron chi connectivity index (χ1n) is 7.54. The van der Waals surface area contributed by atoms with Crippen LogP contribution in [0.5, 0.6) is 5.75 Å². The Morgan fingerprint density at radius 1 is 1.22 bits per heavy atom. The number of hydrogen-bond acceptors (Lipinski definition) is 6. The highest BCUT2D eigenvalue weighted by Crippen LogP contribution is 2.38. The molecule has 2 rings (SSSR count). The average Bonchev–Trinajstić information content (AvgIpc) is 2.56. The van der Waals surface area contributed by atoms with Crippen LogP contribution in [-0.2, 0) is 9.31 Å². The van der Waals surface area contributed by atoms with Crippen molar-refractivity contribution < 1.29 is 19.0 Å². The molecule has 1 heterocycles. The van der Waals surface area contributed by atoms with Crippen LogP contribution in [-0.4, -0.2) is 29.3 Å². The van der Waals surface area contributed by atoms with Crippen LogP contribution in [0.3, 0.4) is 0 Å². The Kier molecular flexibility index (Phi) is 4.34. The molecule has 1 aliphatic rings. The zero-order valence-electron chi connectivity index (χ0n) is 14.4. The smallest absolute Gasteiger partial charge is 0.491 e. The van der Waals surface area contributed by atoms with Crippen LogP contribution in [0.2, 0.25) is 0 Å². The van der Waals surface area contributed by atoms with E-state index in [1.54, 1.807) is 0 Å². The summed E-state index contributed by atoms with van der Waals surface area (Å²) in [6.07, 6.45) is -0.114. The molecule has 0 saturated carbocycles. The normalized spacial score (nSPS) is 19.2. The second kappa shape index (κ2) is 5.69. The molecule has 0 unspecified atom stereocenters. The summed E-state index contributed by atoms with van der Waals surface area (Å²) in [6.45, 7) is 11.4. The topological polar surface area (TPSA) is 96.9 Å². The van der Waals surface area contributed by atoms with Crippen LogP contribution in [0.15, 0.2) is 12.1 Å². The van der Waals surface area contributed by atoms with Crippen LogP contribution < -0.4 is 15.9 Å². The quantitative estimate of drug-likeness (QED) is 0.395. The molecule has 2 N–H and O–H groups in total. The van der Waals surface area contributed by atoms with E-state index in [0.717, 1.165) is 0 Å². The van der Waals surface area contributed by atoms with Crippen molar-refractivity contribution in [2.45, 2.75) is 58.8 Å². The Morgan fingerprint density at radius 3 is 2.17 bits per heavy atom. The van der Waals surface area contributed by atoms with Crippen molar-refractivity contribution in [3.8, 4) is 5.75 Å². The summed E-state index contributed by atoms with van der Waals surface area (Å²) < 4.78 is 17.7. The second-order valence-electron chi connectivity index (χ2n) is 6.96. The van der Waals surface area contributed by atoms with Crippen molar-refractivity contribution in [1.82, 2.24) is 0 Å². The Balaban J connectivity index is 2.51. The maximum absolute atomic E-state index is 11.2. The fourth-order valence-corrected chi connectivity index (χ4v) is 2.27. The highest BCUT2D eigenvalue weighted by molar-refractivity contribution is 6.63. The molecule has 126 valence electrons. The fourth-order valence-electron chi connectivity index (χ4n) is 2.27. The molecule has 0 aliphatic carbocycles. The minimum Gasteiger partial charge on any atom is -0.491 e. The van der Waals surface area contributed by atoms with Gasteiger partial charge in [-0.05, 0) is 41.5 Å². The third kappa shape index (κ3) is 3.28. The van der Waals surface area contributed by atoms with Crippen LogP contribution >= 0.6 is 0 Å². The minimum absolute atomic E-state index is 0.0471. The first-order chi connectivity index (χ1) is 10.4. The Labute approximate surface area is 136 Å². The van der Waals surface area contributed by atoms with E-state index in [4.69, 9.17) is 19.8 Å². The molecule has 1 saturated heterocycles. The van der Waals surface area contributed by atoms with Gasteiger partial charge in [-0.25, -0.2) is 0 Å². The van der Waals surface area contributed by atoms with E-state index in [1.165, 1.54) is 12.1 Å². The fraction of sp³-hybridized carbons (Fsp3) is 0.600. The average molecular weight is 322 g/mol. The van der Waals surface area contributed by atoms with Gasteiger partial charge in [0.15, 0.2) is 0 Å². The van der Waals surface area contributed by atoms with Gasteiger partial charge in [0.2, 0.25) is 0 Å². The summed E-state index contributed by atoms with van der Waals surface area (Å²) in [7, 11) is -0.756. The lowest BCUT2D eigenvalue weighted by Gasteiger charge is -2.32. The maximum Gasteiger partial charge on any atom is 0.498 e. The number of hydrogen-bond donors (Lipinski definition) is 1. The van der Waals surface area contributed by atoms with E-state index in [9.17, 15) is 10.1 Å². The Hall–Kier alpha value is -1.80. The van der Waals surface area contributed by atoms with E-state index in [1.807, 2.05) is 41.5 Å². The monoisotopic (exact) mass is 322 g/mol. The van der Waals surface area contributed by atoms with Crippen molar-refractivity contribution >= 4 is 24.0 Å². The standard InChI is InChI=1S/C15H23BN2O5/c1-9(2)21-13-8-11(17)12(18(19)20)7-10(13)16-22-14(3,4)15(5,6)23-16/h7-9H,17H2,1-6H3. The largest absolute Gasteiger partial charge is 0.498 e. The highest BCUT2D eigenvalue weighted by Gasteiger charge is 2.53. The third-order valence-electron chi connectivity index (χ3n) is 4.23. The number of rotatable bonds is 4. The molecule has 1 fully saturated rings. The zero-order valence-corrected chi connectivity index (χ0v) is 14.4. The highest BCUT2D eigenvalue weighted by atomic mass is 16.7. The minimum atomic E-state index is -0.756. The van der Waals surface area contributed by atoms with Gasteiger partial charge < -0.3 is 19.8 Å². The van der Waals surface area contributed by atoms with E-state index in [0.29, 0.717) is 11.2 Å². The second-order valence-corrected chi connectivity index (χ2v) is 6.96. The molecular formula is C15H23BN2O5. The number of anilines is 1. The molecule has 7 nitrogen and oxygen atoms in total. The number of nitrogens with zero attached hydrogens (tertiary/aromatic N) is 1. The maximum atomic E-state index is 11.2. The van der Waals surface area contributed by atoms with Crippen LogP contribution in [0.1, 0.15) is 41.5 Å². The lowest BCUT2D eigenvalue weighted by molar-refractivity contribution is -0.383. The molecule has 0 bridgehead atoms. The molecule has 0 radical (unpaired) electrons. The molecule has 1 aromatic rings. The summed E-state index contributed by atoms with van der Waals surface area (Å²) in [4.78, 5) is 10.7. The molecule has 1 aromatic carbocycles. The van der Waals surface area contributed by atoms with E-state index >= 15 is 0 Å². The van der Waals surface area contributed by atoms with Crippen LogP contribution in [0.4, 0.5) is 11.4 Å². The summed E-state index contributed by atoms with van der Waals surface area (Å²) in [5.41, 5.74) is 4.99. The molecule has 8 heteroatoms. The van der Waals surface area contributed by atoms with E-state index in [2.05, 4.69) is 0 Å². The van der Waals surface area contributed by atoms with Gasteiger partial charge in [0.1, 0.15) is 11.4 Å². The zero-order chi connectivity index (χ0) is 17.6. The van der Waals surface area contributed by atoms with Crippen molar-refractivity contribution in [3.05, 3.63) is 22.2 Å². The van der Waals surface area contributed by atoms with Crippen LogP contribution in [0, 0.1) is 10.1 Å². The van der Waals surface area contributed by atoms with Gasteiger partial charge in [-0.15, -0.1) is 0 Å². The summed E-state index contributed by atoms with van der Waals surface area (Å²) in [5, 5.41) is 11.2. The van der Waals surface area contributed by atoms with Gasteiger partial charge in [0.05, 0.1) is 22.2 Å². The van der Waals surface area contributed by atoms with Gasteiger partial charge >= 0.3 is 7.12 Å². The van der Waals surface area contributed by atoms with Crippen molar-refractivity contribution in [3.63, 3.8) is 0 Å². The number of nitrogen functional groups attached to an aromatic ring is 1. The van der Waals surface area contributed by atoms with E-state index < -0.39 is 23.2 Å². The van der Waals surface area contributed by atoms with Gasteiger partial charge in [0, 0.05) is 17.6 Å². The van der Waals surface area contributed by atoms with Crippen molar-refractivity contribution in [1.29, 1.82) is 0 Å². The lowest BCUT2D eigenvalue weighted by Crippen LogP contribution is -2.41. The van der Waals surface area contributed by atoms with Gasteiger partial charge in [0.25, 0.3) is 5.69 Å². The predicted octanol–water partition coefficient (Wildman–Crippen LogP) is 2.26. The summed E-state index contributed by atoms with van der Waals surface area (Å²) in [5.74, 6) is 0.432. The number of nitro benzene ring substituents is 1. The number of nitrogens with two attached hydrogens (primary N) is 1. The third-order valence-corrected chi connectivity index (χ3v) is 4.23. The SMILES string of the molecule is CC(C)Oc1cc(N)c([N+](=O)[O-])cc1B1OC(C)(C)C(C)(C)O1. The first kappa shape index (κ1) is 17.6. The van der Waals surface area contributed by atoms with Crippen molar-refractivity contribution in [2.75, 3.05) is 5.73 Å². The number of benzene rings is 1. The summed E-state index contributed by atoms with van der Waals surface area (Å²) in [6, 6.07) is 2.83. The molecule has 1 aliphatic heterocycles. The lowest BCUT2D eigenvalue weighted by atomic mass is 9.78. The molecule has 0 spiro atoms. The molecular weight excluding hydrogens is 299 g/mol. The first-order valence-corrected chi connectivity index (χ1v) is 7.54. The van der Waals surface area contributed by atoms with Gasteiger partial charge in [-0.3, -0.25) is 10.1 Å². The van der Waals surface area contributed by atoms with Crippen LogP contribution in [0.25, 0.3) is 0 Å².